The fourth-order valence-corrected chi connectivity index (χ4v) is 2.42. The molecular weight excluding hydrogens is 226 g/mol. The van der Waals surface area contributed by atoms with Gasteiger partial charge in [0.05, 0.1) is 18.9 Å². The van der Waals surface area contributed by atoms with Gasteiger partial charge in [0, 0.05) is 22.5 Å². The molecule has 0 aliphatic rings. The second-order valence-corrected chi connectivity index (χ2v) is 4.70. The Morgan fingerprint density at radius 2 is 2.06 bits per heavy atom. The molecule has 0 aliphatic heterocycles. The van der Waals surface area contributed by atoms with Crippen LogP contribution in [0.15, 0.2) is 35.1 Å². The van der Waals surface area contributed by atoms with Crippen LogP contribution < -0.4 is 4.74 Å². The minimum Gasteiger partial charge on any atom is -0.496 e. The van der Waals surface area contributed by atoms with E-state index in [0.717, 1.165) is 33.2 Å². The number of furan rings is 1. The minimum absolute atomic E-state index is 0.351. The lowest BCUT2D eigenvalue weighted by molar-refractivity contribution is 0.408. The first-order valence-corrected chi connectivity index (χ1v) is 6.05. The number of rotatable bonds is 2. The molecule has 0 bridgehead atoms. The predicted molar refractivity (Wildman–Crippen MR) is 72.2 cm³/mol. The molecule has 3 heteroatoms. The summed E-state index contributed by atoms with van der Waals surface area (Å²) in [5.74, 6) is 1.24. The molecule has 0 aliphatic carbocycles. The smallest absolute Gasteiger partial charge is 0.144 e. The van der Waals surface area contributed by atoms with Gasteiger partial charge < -0.3 is 9.15 Å². The van der Waals surface area contributed by atoms with Crippen molar-refractivity contribution in [2.45, 2.75) is 19.8 Å². The summed E-state index contributed by atoms with van der Waals surface area (Å²) in [6.45, 7) is 4.29. The molecule has 0 fully saturated rings. The zero-order valence-electron chi connectivity index (χ0n) is 10.7. The molecule has 18 heavy (non-hydrogen) atoms. The highest BCUT2D eigenvalue weighted by atomic mass is 16.5. The molecule has 3 nitrogen and oxygen atoms in total. The third-order valence-electron chi connectivity index (χ3n) is 3.25. The van der Waals surface area contributed by atoms with E-state index in [9.17, 15) is 0 Å². The van der Waals surface area contributed by atoms with E-state index in [-0.39, 0.29) is 0 Å². The molecule has 0 atom stereocenters. The molecule has 0 unspecified atom stereocenters. The van der Waals surface area contributed by atoms with E-state index in [0.29, 0.717) is 5.92 Å². The number of pyridine rings is 1. The van der Waals surface area contributed by atoms with Gasteiger partial charge in [0.25, 0.3) is 0 Å². The van der Waals surface area contributed by atoms with Gasteiger partial charge in [0.15, 0.2) is 0 Å². The van der Waals surface area contributed by atoms with E-state index < -0.39 is 0 Å². The Morgan fingerprint density at radius 3 is 2.78 bits per heavy atom. The Labute approximate surface area is 105 Å². The molecule has 2 aromatic heterocycles. The first-order valence-electron chi connectivity index (χ1n) is 6.05. The second kappa shape index (κ2) is 4.02. The van der Waals surface area contributed by atoms with Crippen molar-refractivity contribution in [3.8, 4) is 5.75 Å². The predicted octanol–water partition coefficient (Wildman–Crippen LogP) is 4.11. The van der Waals surface area contributed by atoms with E-state index in [1.165, 1.54) is 0 Å². The summed E-state index contributed by atoms with van der Waals surface area (Å²) in [7, 11) is 1.69. The lowest BCUT2D eigenvalue weighted by atomic mass is 9.98. The molecule has 0 N–H and O–H groups in total. The van der Waals surface area contributed by atoms with Crippen LogP contribution in [-0.2, 0) is 0 Å². The average molecular weight is 241 g/mol. The van der Waals surface area contributed by atoms with Gasteiger partial charge in [-0.15, -0.1) is 0 Å². The molecule has 92 valence electrons. The highest BCUT2D eigenvalue weighted by molar-refractivity contribution is 6.03. The first kappa shape index (κ1) is 11.1. The molecule has 0 radical (unpaired) electrons. The van der Waals surface area contributed by atoms with Crippen molar-refractivity contribution in [1.82, 2.24) is 4.98 Å². The van der Waals surface area contributed by atoms with Crippen molar-refractivity contribution < 1.29 is 9.15 Å². The Balaban J connectivity index is 2.47. The molecule has 0 amide bonds. The van der Waals surface area contributed by atoms with Crippen molar-refractivity contribution in [3.63, 3.8) is 0 Å². The number of aromatic nitrogens is 1. The maximum absolute atomic E-state index is 5.56. The van der Waals surface area contributed by atoms with Crippen LogP contribution in [0.1, 0.15) is 25.3 Å². The standard InChI is InChI=1S/C15H15NO2/c1-9(2)13-12(17-3)5-4-11-14(13)16-8-10-6-7-18-15(10)11/h4-9H,1-3H3. The fourth-order valence-electron chi connectivity index (χ4n) is 2.42. The number of nitrogens with zero attached hydrogens (tertiary/aromatic N) is 1. The molecular formula is C15H15NO2. The van der Waals surface area contributed by atoms with Crippen molar-refractivity contribution >= 4 is 21.9 Å². The number of ether oxygens (including phenoxy) is 1. The highest BCUT2D eigenvalue weighted by Gasteiger charge is 2.15. The van der Waals surface area contributed by atoms with E-state index in [2.05, 4.69) is 18.8 Å². The van der Waals surface area contributed by atoms with Crippen molar-refractivity contribution in [2.75, 3.05) is 7.11 Å². The van der Waals surface area contributed by atoms with Crippen LogP contribution in [0.4, 0.5) is 0 Å². The first-order chi connectivity index (χ1) is 8.72. The minimum atomic E-state index is 0.351. The molecule has 3 rings (SSSR count). The van der Waals surface area contributed by atoms with Crippen molar-refractivity contribution in [1.29, 1.82) is 0 Å². The zero-order valence-corrected chi connectivity index (χ0v) is 10.7. The van der Waals surface area contributed by atoms with E-state index in [4.69, 9.17) is 9.15 Å². The van der Waals surface area contributed by atoms with Crippen LogP contribution in [-0.4, -0.2) is 12.1 Å². The van der Waals surface area contributed by atoms with Crippen LogP contribution in [0.25, 0.3) is 21.9 Å². The number of benzene rings is 1. The Hall–Kier alpha value is -2.03. The normalized spacial score (nSPS) is 11.6. The molecule has 0 saturated heterocycles. The van der Waals surface area contributed by atoms with Gasteiger partial charge in [-0.1, -0.05) is 13.8 Å². The number of hydrogen-bond donors (Lipinski definition) is 0. The van der Waals surface area contributed by atoms with Gasteiger partial charge in [0.1, 0.15) is 11.3 Å². The lowest BCUT2D eigenvalue weighted by Crippen LogP contribution is -1.97. The van der Waals surface area contributed by atoms with Gasteiger partial charge in [-0.2, -0.15) is 0 Å². The third kappa shape index (κ3) is 1.47. The molecule has 3 aromatic rings. The van der Waals surface area contributed by atoms with E-state index >= 15 is 0 Å². The molecule has 2 heterocycles. The average Bonchev–Trinajstić information content (AvgIpc) is 2.85. The Bertz CT molecular complexity index is 713. The fraction of sp³-hybridized carbons (Fsp3) is 0.267. The van der Waals surface area contributed by atoms with Gasteiger partial charge in [0.2, 0.25) is 0 Å². The summed E-state index contributed by atoms with van der Waals surface area (Å²) in [4.78, 5) is 4.57. The summed E-state index contributed by atoms with van der Waals surface area (Å²) in [5, 5.41) is 2.07. The van der Waals surface area contributed by atoms with Crippen molar-refractivity contribution in [2.24, 2.45) is 0 Å². The van der Waals surface area contributed by atoms with Crippen LogP contribution in [0, 0.1) is 0 Å². The topological polar surface area (TPSA) is 35.3 Å². The van der Waals surface area contributed by atoms with Gasteiger partial charge in [-0.05, 0) is 24.1 Å². The number of fused-ring (bicyclic) bond motifs is 3. The zero-order chi connectivity index (χ0) is 12.7. The molecule has 0 spiro atoms. The van der Waals surface area contributed by atoms with Crippen LogP contribution in [0.5, 0.6) is 5.75 Å². The van der Waals surface area contributed by atoms with Gasteiger partial charge >= 0.3 is 0 Å². The Kier molecular flexibility index (Phi) is 2.47. The summed E-state index contributed by atoms with van der Waals surface area (Å²) in [6, 6.07) is 5.93. The summed E-state index contributed by atoms with van der Waals surface area (Å²) >= 11 is 0. The number of methoxy groups -OCH3 is 1. The lowest BCUT2D eigenvalue weighted by Gasteiger charge is -2.14. The quantitative estimate of drug-likeness (QED) is 0.677. The monoisotopic (exact) mass is 241 g/mol. The van der Waals surface area contributed by atoms with Crippen LogP contribution in [0.3, 0.4) is 0 Å². The van der Waals surface area contributed by atoms with Crippen molar-refractivity contribution in [3.05, 3.63) is 36.2 Å². The third-order valence-corrected chi connectivity index (χ3v) is 3.25. The maximum Gasteiger partial charge on any atom is 0.144 e. The summed E-state index contributed by atoms with van der Waals surface area (Å²) < 4.78 is 11.0. The SMILES string of the molecule is COc1ccc2c(ncc3ccoc32)c1C(C)C. The summed E-state index contributed by atoms with van der Waals surface area (Å²) in [6.07, 6.45) is 3.55. The molecule has 0 saturated carbocycles. The summed E-state index contributed by atoms with van der Waals surface area (Å²) in [5.41, 5.74) is 2.99. The van der Waals surface area contributed by atoms with E-state index in [1.807, 2.05) is 24.4 Å². The van der Waals surface area contributed by atoms with Gasteiger partial charge in [-0.25, -0.2) is 0 Å². The second-order valence-electron chi connectivity index (χ2n) is 4.70. The number of hydrogen-bond acceptors (Lipinski definition) is 3. The van der Waals surface area contributed by atoms with Crippen LogP contribution >= 0.6 is 0 Å². The van der Waals surface area contributed by atoms with Gasteiger partial charge in [-0.3, -0.25) is 4.98 Å². The molecule has 1 aromatic carbocycles. The Morgan fingerprint density at radius 1 is 1.22 bits per heavy atom. The van der Waals surface area contributed by atoms with E-state index in [1.54, 1.807) is 13.4 Å². The maximum atomic E-state index is 5.56. The highest BCUT2D eigenvalue weighted by Crippen LogP contribution is 2.35. The van der Waals surface area contributed by atoms with Crippen LogP contribution in [0.2, 0.25) is 0 Å². The largest absolute Gasteiger partial charge is 0.496 e.